The molecule has 2 fully saturated rings. The molecule has 108 valence electrons. The number of rotatable bonds is 3. The van der Waals surface area contributed by atoms with Crippen LogP contribution in [0.4, 0.5) is 5.69 Å². The van der Waals surface area contributed by atoms with Gasteiger partial charge in [0, 0.05) is 11.3 Å². The van der Waals surface area contributed by atoms with Crippen molar-refractivity contribution in [2.75, 3.05) is 5.32 Å². The van der Waals surface area contributed by atoms with E-state index in [0.717, 1.165) is 6.42 Å². The topological polar surface area (TPSA) is 75.6 Å². The fraction of sp³-hybridized carbons (Fsp3) is 0.375. The Labute approximate surface area is 122 Å². The molecule has 21 heavy (non-hydrogen) atoms. The van der Waals surface area contributed by atoms with E-state index in [9.17, 15) is 14.7 Å². The predicted molar refractivity (Wildman–Crippen MR) is 75.5 cm³/mol. The number of carboxylic acid groups (broad SMARTS) is 1. The summed E-state index contributed by atoms with van der Waals surface area (Å²) in [7, 11) is 0. The molecule has 1 aromatic carbocycles. The summed E-state index contributed by atoms with van der Waals surface area (Å²) in [6.45, 7) is 0. The molecule has 2 bridgehead atoms. The quantitative estimate of drug-likeness (QED) is 0.825. The summed E-state index contributed by atoms with van der Waals surface area (Å²) >= 11 is 0. The summed E-state index contributed by atoms with van der Waals surface area (Å²) < 4.78 is 5.59. The zero-order chi connectivity index (χ0) is 15.0. The third-order valence-electron chi connectivity index (χ3n) is 4.16. The smallest absolute Gasteiger partial charge is 0.310 e. The lowest BCUT2D eigenvalue weighted by Crippen LogP contribution is -2.40. The highest BCUT2D eigenvalue weighted by Crippen LogP contribution is 2.44. The van der Waals surface area contributed by atoms with Gasteiger partial charge in [0.15, 0.2) is 0 Å². The number of carbonyl (C=O) groups is 2. The van der Waals surface area contributed by atoms with Crippen LogP contribution in [-0.4, -0.2) is 29.2 Å². The average Bonchev–Trinajstić information content (AvgIpc) is 3.07. The molecule has 0 aromatic heterocycles. The van der Waals surface area contributed by atoms with Gasteiger partial charge >= 0.3 is 5.97 Å². The summed E-state index contributed by atoms with van der Waals surface area (Å²) in [6, 6.07) is 6.91. The predicted octanol–water partition coefficient (Wildman–Crippen LogP) is 1.48. The summed E-state index contributed by atoms with van der Waals surface area (Å²) in [6.07, 6.45) is 6.12. The maximum Gasteiger partial charge on any atom is 0.310 e. The minimum Gasteiger partial charge on any atom is -0.481 e. The van der Waals surface area contributed by atoms with E-state index in [4.69, 9.17) is 11.2 Å². The van der Waals surface area contributed by atoms with Gasteiger partial charge in [0.25, 0.3) is 0 Å². The van der Waals surface area contributed by atoms with Crippen LogP contribution in [0, 0.1) is 24.2 Å². The molecule has 0 spiro atoms. The Morgan fingerprint density at radius 2 is 2.00 bits per heavy atom. The third-order valence-corrected chi connectivity index (χ3v) is 4.16. The van der Waals surface area contributed by atoms with Crippen molar-refractivity contribution >= 4 is 17.6 Å². The monoisotopic (exact) mass is 285 g/mol. The molecule has 5 nitrogen and oxygen atoms in total. The van der Waals surface area contributed by atoms with E-state index in [1.165, 1.54) is 0 Å². The Morgan fingerprint density at radius 3 is 2.67 bits per heavy atom. The van der Waals surface area contributed by atoms with Crippen molar-refractivity contribution < 1.29 is 19.4 Å². The van der Waals surface area contributed by atoms with Crippen LogP contribution >= 0.6 is 0 Å². The standard InChI is InChI=1S/C16H15NO4/c1-2-9-4-3-5-10(8-9)17-15(18)13-11-6-7-12(21-11)14(13)16(19)20/h1,3-5,8,11-14H,6-7H2,(H,17,18)(H,19,20)/t11-,12+,13?,14?/m0/s1. The van der Waals surface area contributed by atoms with Crippen molar-refractivity contribution in [1.29, 1.82) is 0 Å². The number of terminal acetylenes is 1. The van der Waals surface area contributed by atoms with Crippen LogP contribution in [0.15, 0.2) is 24.3 Å². The minimum absolute atomic E-state index is 0.299. The van der Waals surface area contributed by atoms with E-state index in [-0.39, 0.29) is 18.1 Å². The minimum atomic E-state index is -0.972. The summed E-state index contributed by atoms with van der Waals surface area (Å²) in [4.78, 5) is 23.8. The van der Waals surface area contributed by atoms with Gasteiger partial charge in [0.2, 0.25) is 5.91 Å². The fourth-order valence-electron chi connectivity index (χ4n) is 3.24. The third kappa shape index (κ3) is 2.39. The number of amides is 1. The van der Waals surface area contributed by atoms with Crippen LogP contribution in [0.2, 0.25) is 0 Å². The maximum atomic E-state index is 12.4. The normalized spacial score (nSPS) is 29.9. The van der Waals surface area contributed by atoms with E-state index in [1.54, 1.807) is 24.3 Å². The van der Waals surface area contributed by atoms with Crippen molar-refractivity contribution in [3.8, 4) is 12.3 Å². The van der Waals surface area contributed by atoms with Gasteiger partial charge in [0.1, 0.15) is 0 Å². The lowest BCUT2D eigenvalue weighted by atomic mass is 9.78. The van der Waals surface area contributed by atoms with Gasteiger partial charge < -0.3 is 15.2 Å². The lowest BCUT2D eigenvalue weighted by Gasteiger charge is -2.23. The van der Waals surface area contributed by atoms with Crippen molar-refractivity contribution in [3.63, 3.8) is 0 Å². The molecule has 1 aromatic rings. The second kappa shape index (κ2) is 5.23. The first-order chi connectivity index (χ1) is 10.1. The molecule has 2 unspecified atom stereocenters. The largest absolute Gasteiger partial charge is 0.481 e. The molecule has 0 radical (unpaired) electrons. The molecular formula is C16H15NO4. The van der Waals surface area contributed by atoms with Crippen molar-refractivity contribution in [2.45, 2.75) is 25.0 Å². The summed E-state index contributed by atoms with van der Waals surface area (Å²) in [5.41, 5.74) is 1.23. The SMILES string of the molecule is C#Cc1cccc(NC(=O)C2C(C(=O)O)[C@H]3CC[C@@H]2O3)c1. The van der Waals surface area contributed by atoms with Gasteiger partial charge in [-0.05, 0) is 31.0 Å². The second-order valence-corrected chi connectivity index (χ2v) is 5.39. The molecule has 1 amide bonds. The molecule has 2 N–H and O–H groups in total. The van der Waals surface area contributed by atoms with Gasteiger partial charge in [0.05, 0.1) is 24.0 Å². The number of carbonyl (C=O) groups excluding carboxylic acids is 1. The number of aliphatic carboxylic acids is 1. The molecule has 4 atom stereocenters. The van der Waals surface area contributed by atoms with Gasteiger partial charge in [-0.1, -0.05) is 12.0 Å². The average molecular weight is 285 g/mol. The number of hydrogen-bond donors (Lipinski definition) is 2. The first-order valence-corrected chi connectivity index (χ1v) is 6.86. The molecule has 2 aliphatic rings. The number of anilines is 1. The highest BCUT2D eigenvalue weighted by molar-refractivity contribution is 5.96. The first kappa shape index (κ1) is 13.7. The molecule has 2 heterocycles. The zero-order valence-corrected chi connectivity index (χ0v) is 11.3. The summed E-state index contributed by atoms with van der Waals surface area (Å²) in [5, 5.41) is 12.1. The van der Waals surface area contributed by atoms with Gasteiger partial charge in [-0.15, -0.1) is 6.42 Å². The van der Waals surface area contributed by atoms with Gasteiger partial charge in [-0.25, -0.2) is 0 Å². The Balaban J connectivity index is 1.78. The fourth-order valence-corrected chi connectivity index (χ4v) is 3.24. The van der Waals surface area contributed by atoms with E-state index in [1.807, 2.05) is 0 Å². The molecular weight excluding hydrogens is 270 g/mol. The number of ether oxygens (including phenoxy) is 1. The number of hydrogen-bond acceptors (Lipinski definition) is 3. The molecule has 2 saturated heterocycles. The van der Waals surface area contributed by atoms with Crippen molar-refractivity contribution in [2.24, 2.45) is 11.8 Å². The van der Waals surface area contributed by atoms with E-state index < -0.39 is 17.8 Å². The molecule has 0 aliphatic carbocycles. The van der Waals surface area contributed by atoms with E-state index >= 15 is 0 Å². The number of fused-ring (bicyclic) bond motifs is 2. The highest BCUT2D eigenvalue weighted by atomic mass is 16.5. The first-order valence-electron chi connectivity index (χ1n) is 6.86. The Bertz CT molecular complexity index is 633. The molecule has 2 aliphatic heterocycles. The number of carboxylic acids is 1. The van der Waals surface area contributed by atoms with E-state index in [0.29, 0.717) is 17.7 Å². The van der Waals surface area contributed by atoms with Crippen LogP contribution in [0.3, 0.4) is 0 Å². The van der Waals surface area contributed by atoms with Crippen LogP contribution in [0.25, 0.3) is 0 Å². The van der Waals surface area contributed by atoms with Crippen molar-refractivity contribution in [1.82, 2.24) is 0 Å². The lowest BCUT2D eigenvalue weighted by molar-refractivity contribution is -0.147. The number of nitrogens with one attached hydrogen (secondary N) is 1. The van der Waals surface area contributed by atoms with Gasteiger partial charge in [-0.3, -0.25) is 9.59 Å². The van der Waals surface area contributed by atoms with Gasteiger partial charge in [-0.2, -0.15) is 0 Å². The van der Waals surface area contributed by atoms with Crippen LogP contribution in [0.5, 0.6) is 0 Å². The molecule has 0 saturated carbocycles. The Hall–Kier alpha value is -2.32. The van der Waals surface area contributed by atoms with Crippen LogP contribution < -0.4 is 5.32 Å². The van der Waals surface area contributed by atoms with Crippen molar-refractivity contribution in [3.05, 3.63) is 29.8 Å². The highest BCUT2D eigenvalue weighted by Gasteiger charge is 2.55. The Kier molecular flexibility index (Phi) is 3.40. The second-order valence-electron chi connectivity index (χ2n) is 5.39. The molecule has 3 rings (SSSR count). The Morgan fingerprint density at radius 1 is 1.29 bits per heavy atom. The molecule has 5 heteroatoms. The maximum absolute atomic E-state index is 12.4. The van der Waals surface area contributed by atoms with Crippen LogP contribution in [-0.2, 0) is 14.3 Å². The number of benzene rings is 1. The van der Waals surface area contributed by atoms with E-state index in [2.05, 4.69) is 11.2 Å². The zero-order valence-electron chi connectivity index (χ0n) is 11.3. The summed E-state index contributed by atoms with van der Waals surface area (Å²) in [5.74, 6) is -0.202. The van der Waals surface area contributed by atoms with Crippen LogP contribution in [0.1, 0.15) is 18.4 Å².